The van der Waals surface area contributed by atoms with E-state index < -0.39 is 25.0 Å². The number of ether oxygens (including phenoxy) is 1. The van der Waals surface area contributed by atoms with Crippen LogP contribution in [0.5, 0.6) is 0 Å². The summed E-state index contributed by atoms with van der Waals surface area (Å²) in [4.78, 5) is 22.0. The molecule has 6 nitrogen and oxygen atoms in total. The molecule has 0 aliphatic heterocycles. The van der Waals surface area contributed by atoms with Crippen molar-refractivity contribution in [1.29, 1.82) is 0 Å². The van der Waals surface area contributed by atoms with Crippen molar-refractivity contribution < 1.29 is 28.6 Å². The zero-order valence-electron chi connectivity index (χ0n) is 27.7. The molecule has 0 saturated carbocycles. The number of aliphatic carboxylic acids is 1. The van der Waals surface area contributed by atoms with E-state index in [1.54, 1.807) is 6.92 Å². The molecule has 1 aromatic carbocycles. The van der Waals surface area contributed by atoms with Gasteiger partial charge < -0.3 is 19.3 Å². The molecule has 0 aliphatic carbocycles. The van der Waals surface area contributed by atoms with Gasteiger partial charge in [-0.25, -0.2) is 4.79 Å². The number of thioether (sulfide) groups is 1. The van der Waals surface area contributed by atoms with Gasteiger partial charge in [0, 0.05) is 6.61 Å². The van der Waals surface area contributed by atoms with E-state index in [4.69, 9.17) is 9.26 Å². The van der Waals surface area contributed by atoms with Crippen molar-refractivity contribution in [3.05, 3.63) is 35.4 Å². The van der Waals surface area contributed by atoms with E-state index in [1.807, 2.05) is 6.92 Å². The Kier molecular flexibility index (Phi) is 18.9. The maximum atomic E-state index is 12.7. The maximum absolute atomic E-state index is 12.7. The van der Waals surface area contributed by atoms with Gasteiger partial charge in [-0.2, -0.15) is 11.8 Å². The first-order chi connectivity index (χ1) is 19.8. The zero-order chi connectivity index (χ0) is 31.7. The Morgan fingerprint density at radius 1 is 0.857 bits per heavy atom. The third-order valence-electron chi connectivity index (χ3n) is 8.01. The van der Waals surface area contributed by atoms with Crippen LogP contribution in [0.1, 0.15) is 149 Å². The molecule has 4 atom stereocenters. The normalized spacial score (nSPS) is 16.5. The van der Waals surface area contributed by atoms with E-state index in [1.165, 1.54) is 74.0 Å². The van der Waals surface area contributed by atoms with Crippen molar-refractivity contribution in [2.24, 2.45) is 0 Å². The van der Waals surface area contributed by atoms with E-state index in [9.17, 15) is 19.4 Å². The predicted molar refractivity (Wildman–Crippen MR) is 179 cm³/mol. The number of benzene rings is 1. The fourth-order valence-electron chi connectivity index (χ4n) is 5.01. The summed E-state index contributed by atoms with van der Waals surface area (Å²) in [5.74, 6) is 1.61. The molecule has 0 spiro atoms. The fraction of sp³-hybridized carbons (Fsp3) is 0.794. The van der Waals surface area contributed by atoms with Gasteiger partial charge in [-0.1, -0.05) is 110 Å². The van der Waals surface area contributed by atoms with Crippen LogP contribution >= 0.6 is 19.4 Å². The largest absolute Gasteiger partial charge is 0.479 e. The Bertz CT molecular complexity index is 916. The second kappa shape index (κ2) is 20.2. The summed E-state index contributed by atoms with van der Waals surface area (Å²) in [7, 11) is -4.50. The maximum Gasteiger partial charge on any atom is 0.371 e. The molecule has 42 heavy (non-hydrogen) atoms. The van der Waals surface area contributed by atoms with Crippen molar-refractivity contribution in [2.75, 3.05) is 18.1 Å². The second-order valence-corrected chi connectivity index (χ2v) is 16.3. The van der Waals surface area contributed by atoms with Crippen molar-refractivity contribution >= 4 is 25.3 Å². The first-order valence-electron chi connectivity index (χ1n) is 16.3. The molecule has 0 saturated heterocycles. The molecule has 1 rings (SSSR count). The highest BCUT2D eigenvalue weighted by molar-refractivity contribution is 7.99. The third kappa shape index (κ3) is 14.3. The van der Waals surface area contributed by atoms with Crippen LogP contribution in [-0.4, -0.2) is 45.5 Å². The number of carbonyl (C=O) groups is 1. The molecule has 0 radical (unpaired) electrons. The van der Waals surface area contributed by atoms with E-state index >= 15 is 0 Å². The monoisotopic (exact) mass is 628 g/mol. The van der Waals surface area contributed by atoms with E-state index in [0.717, 1.165) is 26.2 Å². The van der Waals surface area contributed by atoms with Gasteiger partial charge in [0.15, 0.2) is 0 Å². The highest BCUT2D eigenvalue weighted by Crippen LogP contribution is 2.57. The molecule has 244 valence electrons. The molecule has 1 aromatic rings. The molecule has 0 bridgehead atoms. The number of unbranched alkanes of at least 4 members (excludes halogenated alkanes) is 7. The average molecular weight is 629 g/mol. The van der Waals surface area contributed by atoms with Gasteiger partial charge in [0.2, 0.25) is 0 Å². The van der Waals surface area contributed by atoms with E-state index in [0.29, 0.717) is 18.8 Å². The minimum absolute atomic E-state index is 0.0788. The van der Waals surface area contributed by atoms with Crippen LogP contribution in [-0.2, 0) is 24.0 Å². The summed E-state index contributed by atoms with van der Waals surface area (Å²) >= 11 is 2.09. The zero-order valence-corrected chi connectivity index (χ0v) is 29.4. The lowest BCUT2D eigenvalue weighted by Crippen LogP contribution is -2.39. The van der Waals surface area contributed by atoms with E-state index in [-0.39, 0.29) is 12.0 Å². The molecule has 0 aromatic heterocycles. The molecule has 0 amide bonds. The minimum Gasteiger partial charge on any atom is -0.479 e. The Hall–Kier alpha value is -0.850. The molecular weight excluding hydrogens is 567 g/mol. The lowest BCUT2D eigenvalue weighted by molar-refractivity contribution is -0.155. The van der Waals surface area contributed by atoms with Gasteiger partial charge in [0.1, 0.15) is 0 Å². The van der Waals surface area contributed by atoms with Gasteiger partial charge in [-0.05, 0) is 79.9 Å². The van der Waals surface area contributed by atoms with Gasteiger partial charge in [0.25, 0.3) is 5.34 Å². The van der Waals surface area contributed by atoms with Crippen LogP contribution in [0.2, 0.25) is 0 Å². The highest BCUT2D eigenvalue weighted by Gasteiger charge is 2.54. The molecule has 2 N–H and O–H groups in total. The highest BCUT2D eigenvalue weighted by atomic mass is 32.2. The van der Waals surface area contributed by atoms with Crippen LogP contribution in [0, 0.1) is 0 Å². The van der Waals surface area contributed by atoms with Crippen molar-refractivity contribution in [1.82, 2.24) is 0 Å². The first-order valence-corrected chi connectivity index (χ1v) is 19.1. The summed E-state index contributed by atoms with van der Waals surface area (Å²) in [5, 5.41) is 7.23. The van der Waals surface area contributed by atoms with Crippen molar-refractivity contribution in [2.45, 2.75) is 155 Å². The summed E-state index contributed by atoms with van der Waals surface area (Å²) in [5.41, 5.74) is 3.10. The molecule has 0 fully saturated rings. The van der Waals surface area contributed by atoms with Crippen LogP contribution in [0.15, 0.2) is 24.3 Å². The second-order valence-electron chi connectivity index (χ2n) is 12.9. The molecule has 4 unspecified atom stereocenters. The molecule has 8 heteroatoms. The number of rotatable bonds is 24. The summed E-state index contributed by atoms with van der Waals surface area (Å²) in [6.45, 7) is 13.8. The van der Waals surface area contributed by atoms with Crippen molar-refractivity contribution in [3.8, 4) is 0 Å². The topological polar surface area (TPSA) is 93.1 Å². The number of hydrogen-bond acceptors (Lipinski definition) is 5. The van der Waals surface area contributed by atoms with E-state index in [2.05, 4.69) is 63.7 Å². The minimum atomic E-state index is -4.50. The lowest BCUT2D eigenvalue weighted by atomic mass is 9.84. The number of carboxylic acid groups (broad SMARTS) is 1. The fourth-order valence-corrected chi connectivity index (χ4v) is 7.36. The predicted octanol–water partition coefficient (Wildman–Crippen LogP) is 10.3. The van der Waals surface area contributed by atoms with Gasteiger partial charge in [0.05, 0.1) is 6.10 Å². The van der Waals surface area contributed by atoms with Crippen LogP contribution in [0.4, 0.5) is 0 Å². The third-order valence-corrected chi connectivity index (χ3v) is 11.2. The number of hydrogen-bond donors (Lipinski definition) is 2. The summed E-state index contributed by atoms with van der Waals surface area (Å²) in [6.07, 6.45) is 13.8. The molecule has 0 aliphatic rings. The van der Waals surface area contributed by atoms with Crippen LogP contribution in [0.25, 0.3) is 0 Å². The van der Waals surface area contributed by atoms with Crippen LogP contribution in [0.3, 0.4) is 0 Å². The smallest absolute Gasteiger partial charge is 0.371 e. The Balaban J connectivity index is 2.27. The summed E-state index contributed by atoms with van der Waals surface area (Å²) < 4.78 is 23.3. The average Bonchev–Trinajstić information content (AvgIpc) is 2.92. The van der Waals surface area contributed by atoms with Gasteiger partial charge in [-0.3, -0.25) is 4.57 Å². The van der Waals surface area contributed by atoms with Crippen LogP contribution < -0.4 is 0 Å². The Labute approximate surface area is 261 Å². The quantitative estimate of drug-likeness (QED) is 0.0869. The standard InChI is InChI=1S/C34H61O6PS/c1-8-10-15-19-29(30-20-22-31(23-21-30)33(4,5)6)24-27-42-26-17-14-12-11-13-16-18-28(3)40-41(37,38)34(7,32(35)36)39-25-9-2/h20-23,28-29H,8-19,24-27H2,1-7H3,(H,35,36)(H,37,38). The lowest BCUT2D eigenvalue weighted by Gasteiger charge is -2.31. The Morgan fingerprint density at radius 3 is 2.02 bits per heavy atom. The van der Waals surface area contributed by atoms with Crippen molar-refractivity contribution in [3.63, 3.8) is 0 Å². The molecule has 0 heterocycles. The molecular formula is C34H61O6PS. The van der Waals surface area contributed by atoms with Gasteiger partial charge in [-0.15, -0.1) is 0 Å². The summed E-state index contributed by atoms with van der Waals surface area (Å²) in [6, 6.07) is 9.39. The SMILES string of the molecule is CCCCCC(CCSCCCCCCCCC(C)OP(=O)(O)C(C)(OCCC)C(=O)O)c1ccc(C(C)(C)C)cc1. The van der Waals surface area contributed by atoms with Gasteiger partial charge >= 0.3 is 13.6 Å². The Morgan fingerprint density at radius 2 is 1.45 bits per heavy atom. The number of carboxylic acids is 1. The first kappa shape index (κ1) is 39.2.